The summed E-state index contributed by atoms with van der Waals surface area (Å²) in [6.45, 7) is 1.63. The van der Waals surface area contributed by atoms with E-state index >= 15 is 0 Å². The Morgan fingerprint density at radius 1 is 1.73 bits per heavy atom. The number of carbonyl (C=O) groups is 1. The van der Waals surface area contributed by atoms with Gasteiger partial charge in [0.1, 0.15) is 0 Å². The maximum atomic E-state index is 10.2. The second-order valence-electron chi connectivity index (χ2n) is 2.32. The predicted octanol–water partition coefficient (Wildman–Crippen LogP) is -0.273. The van der Waals surface area contributed by atoms with E-state index in [0.717, 1.165) is 0 Å². The van der Waals surface area contributed by atoms with Gasteiger partial charge in [0, 0.05) is 12.1 Å². The van der Waals surface area contributed by atoms with E-state index in [9.17, 15) is 4.79 Å². The van der Waals surface area contributed by atoms with Gasteiger partial charge in [-0.1, -0.05) is 6.08 Å². The van der Waals surface area contributed by atoms with Gasteiger partial charge < -0.3 is 15.9 Å². The van der Waals surface area contributed by atoms with Gasteiger partial charge in [0.25, 0.3) is 0 Å². The second kappa shape index (κ2) is 4.87. The Morgan fingerprint density at radius 3 is 2.64 bits per heavy atom. The number of carboxylic acids is 1. The molecular weight excluding hydrogens is 146 g/mol. The quantitative estimate of drug-likeness (QED) is 0.493. The Kier molecular flexibility index (Phi) is 4.49. The maximum Gasteiger partial charge on any atom is 0.330 e. The van der Waals surface area contributed by atoms with Crippen molar-refractivity contribution >= 4 is 5.97 Å². The SMILES string of the molecule is CC(=CCC(O)CN)C(=O)O. The van der Waals surface area contributed by atoms with Gasteiger partial charge in [-0.2, -0.15) is 0 Å². The van der Waals surface area contributed by atoms with Crippen molar-refractivity contribution in [2.45, 2.75) is 19.4 Å². The lowest BCUT2D eigenvalue weighted by molar-refractivity contribution is -0.132. The maximum absolute atomic E-state index is 10.2. The van der Waals surface area contributed by atoms with Crippen molar-refractivity contribution in [2.75, 3.05) is 6.54 Å². The lowest BCUT2D eigenvalue weighted by Gasteiger charge is -2.02. The molecule has 0 aliphatic rings. The zero-order chi connectivity index (χ0) is 8.85. The lowest BCUT2D eigenvalue weighted by Crippen LogP contribution is -2.18. The monoisotopic (exact) mass is 159 g/mol. The molecule has 0 aliphatic heterocycles. The highest BCUT2D eigenvalue weighted by atomic mass is 16.4. The molecule has 0 spiro atoms. The first-order valence-corrected chi connectivity index (χ1v) is 3.36. The van der Waals surface area contributed by atoms with Crippen LogP contribution in [0, 0.1) is 0 Å². The summed E-state index contributed by atoms with van der Waals surface area (Å²) in [5, 5.41) is 17.3. The number of carboxylic acid groups (broad SMARTS) is 1. The van der Waals surface area contributed by atoms with Crippen molar-refractivity contribution in [1.82, 2.24) is 0 Å². The topological polar surface area (TPSA) is 83.5 Å². The number of rotatable bonds is 4. The van der Waals surface area contributed by atoms with Crippen LogP contribution in [0.2, 0.25) is 0 Å². The van der Waals surface area contributed by atoms with E-state index < -0.39 is 12.1 Å². The summed E-state index contributed by atoms with van der Waals surface area (Å²) in [6, 6.07) is 0. The van der Waals surface area contributed by atoms with Crippen LogP contribution < -0.4 is 5.73 Å². The molecule has 11 heavy (non-hydrogen) atoms. The van der Waals surface area contributed by atoms with Gasteiger partial charge in [0.15, 0.2) is 0 Å². The van der Waals surface area contributed by atoms with Crippen molar-refractivity contribution < 1.29 is 15.0 Å². The summed E-state index contributed by atoms with van der Waals surface area (Å²) in [6.07, 6.45) is 1.12. The van der Waals surface area contributed by atoms with E-state index in [2.05, 4.69) is 0 Å². The fourth-order valence-corrected chi connectivity index (χ4v) is 0.496. The predicted molar refractivity (Wildman–Crippen MR) is 41.1 cm³/mol. The molecule has 1 unspecified atom stereocenters. The largest absolute Gasteiger partial charge is 0.478 e. The first kappa shape index (κ1) is 10.1. The minimum atomic E-state index is -0.964. The molecule has 0 amide bonds. The molecule has 0 fully saturated rings. The Labute approximate surface area is 65.3 Å². The van der Waals surface area contributed by atoms with Crippen molar-refractivity contribution in [2.24, 2.45) is 5.73 Å². The van der Waals surface area contributed by atoms with Crippen LogP contribution >= 0.6 is 0 Å². The molecular formula is C7H13NO3. The smallest absolute Gasteiger partial charge is 0.330 e. The summed E-state index contributed by atoms with van der Waals surface area (Å²) in [5.41, 5.74) is 5.34. The van der Waals surface area contributed by atoms with Crippen LogP contribution in [0.3, 0.4) is 0 Å². The van der Waals surface area contributed by atoms with E-state index in [4.69, 9.17) is 15.9 Å². The van der Waals surface area contributed by atoms with E-state index in [1.54, 1.807) is 0 Å². The average Bonchev–Trinajstić information content (AvgIpc) is 1.99. The fourth-order valence-electron chi connectivity index (χ4n) is 0.496. The van der Waals surface area contributed by atoms with E-state index in [-0.39, 0.29) is 12.1 Å². The second-order valence-corrected chi connectivity index (χ2v) is 2.32. The number of aliphatic hydroxyl groups excluding tert-OH is 1. The summed E-state index contributed by atoms with van der Waals surface area (Å²) >= 11 is 0. The molecule has 0 bridgehead atoms. The van der Waals surface area contributed by atoms with Crippen LogP contribution in [-0.2, 0) is 4.79 Å². The van der Waals surface area contributed by atoms with Crippen molar-refractivity contribution in [3.63, 3.8) is 0 Å². The van der Waals surface area contributed by atoms with Crippen molar-refractivity contribution in [3.8, 4) is 0 Å². The fraction of sp³-hybridized carbons (Fsp3) is 0.571. The van der Waals surface area contributed by atoms with E-state index in [1.165, 1.54) is 13.0 Å². The van der Waals surface area contributed by atoms with E-state index in [0.29, 0.717) is 6.42 Å². The first-order chi connectivity index (χ1) is 5.07. The zero-order valence-electron chi connectivity index (χ0n) is 6.45. The molecule has 64 valence electrons. The zero-order valence-corrected chi connectivity index (χ0v) is 6.45. The molecule has 0 rings (SSSR count). The third kappa shape index (κ3) is 4.52. The molecule has 4 nitrogen and oxygen atoms in total. The Bertz CT molecular complexity index is 165. The lowest BCUT2D eigenvalue weighted by atomic mass is 10.2. The highest BCUT2D eigenvalue weighted by Gasteiger charge is 2.01. The van der Waals surface area contributed by atoms with Gasteiger partial charge in [-0.25, -0.2) is 4.79 Å². The molecule has 0 aromatic rings. The number of hydrogen-bond acceptors (Lipinski definition) is 3. The van der Waals surface area contributed by atoms with Gasteiger partial charge >= 0.3 is 5.97 Å². The van der Waals surface area contributed by atoms with E-state index in [1.807, 2.05) is 0 Å². The summed E-state index contributed by atoms with van der Waals surface area (Å²) in [7, 11) is 0. The number of nitrogens with two attached hydrogens (primary N) is 1. The van der Waals surface area contributed by atoms with Gasteiger partial charge in [0.2, 0.25) is 0 Å². The first-order valence-electron chi connectivity index (χ1n) is 3.36. The molecule has 0 aliphatic carbocycles. The standard InChI is InChI=1S/C7H13NO3/c1-5(7(10)11)2-3-6(9)4-8/h2,6,9H,3-4,8H2,1H3,(H,10,11). The molecule has 0 saturated heterocycles. The highest BCUT2D eigenvalue weighted by molar-refractivity contribution is 5.85. The third-order valence-electron chi connectivity index (χ3n) is 1.31. The normalized spacial score (nSPS) is 14.6. The minimum Gasteiger partial charge on any atom is -0.478 e. The van der Waals surface area contributed by atoms with Gasteiger partial charge in [-0.3, -0.25) is 0 Å². The third-order valence-corrected chi connectivity index (χ3v) is 1.31. The number of hydrogen-bond donors (Lipinski definition) is 3. The van der Waals surface area contributed by atoms with Gasteiger partial charge in [-0.15, -0.1) is 0 Å². The number of aliphatic carboxylic acids is 1. The molecule has 0 radical (unpaired) electrons. The summed E-state index contributed by atoms with van der Waals surface area (Å²) < 4.78 is 0. The Hall–Kier alpha value is -0.870. The molecule has 4 heteroatoms. The molecule has 0 aromatic heterocycles. The van der Waals surface area contributed by atoms with Crippen LogP contribution in [-0.4, -0.2) is 28.8 Å². The van der Waals surface area contributed by atoms with Gasteiger partial charge in [0.05, 0.1) is 6.10 Å². The summed E-state index contributed by atoms with van der Waals surface area (Å²) in [4.78, 5) is 10.2. The minimum absolute atomic E-state index is 0.156. The number of aliphatic hydroxyl groups is 1. The molecule has 0 saturated carbocycles. The average molecular weight is 159 g/mol. The van der Waals surface area contributed by atoms with Crippen LogP contribution in [0.25, 0.3) is 0 Å². The molecule has 4 N–H and O–H groups in total. The summed E-state index contributed by atoms with van der Waals surface area (Å²) in [5.74, 6) is -0.964. The van der Waals surface area contributed by atoms with Crippen molar-refractivity contribution in [3.05, 3.63) is 11.6 Å². The van der Waals surface area contributed by atoms with Crippen LogP contribution in [0.1, 0.15) is 13.3 Å². The highest BCUT2D eigenvalue weighted by Crippen LogP contribution is 1.97. The Morgan fingerprint density at radius 2 is 2.27 bits per heavy atom. The molecule has 0 heterocycles. The molecule has 0 aromatic carbocycles. The van der Waals surface area contributed by atoms with Crippen LogP contribution in [0.5, 0.6) is 0 Å². The van der Waals surface area contributed by atoms with Gasteiger partial charge in [-0.05, 0) is 13.3 Å². The van der Waals surface area contributed by atoms with Crippen LogP contribution in [0.4, 0.5) is 0 Å². The van der Waals surface area contributed by atoms with Crippen LogP contribution in [0.15, 0.2) is 11.6 Å². The molecule has 1 atom stereocenters. The Balaban J connectivity index is 3.82. The van der Waals surface area contributed by atoms with Crippen molar-refractivity contribution in [1.29, 1.82) is 0 Å².